The van der Waals surface area contributed by atoms with Crippen molar-refractivity contribution in [1.82, 2.24) is 4.72 Å². The van der Waals surface area contributed by atoms with Crippen LogP contribution >= 0.6 is 11.3 Å². The molecule has 1 aromatic rings. The molecule has 1 heterocycles. The van der Waals surface area contributed by atoms with Crippen LogP contribution in [0.4, 0.5) is 0 Å². The molecule has 0 bridgehead atoms. The maximum Gasteiger partial charge on any atom is 0.209 e. The Bertz CT molecular complexity index is 342. The van der Waals surface area contributed by atoms with Gasteiger partial charge in [0.15, 0.2) is 0 Å². The van der Waals surface area contributed by atoms with Crippen LogP contribution < -0.4 is 4.72 Å². The second-order valence-electron chi connectivity index (χ2n) is 2.87. The van der Waals surface area contributed by atoms with Crippen LogP contribution in [0.3, 0.4) is 0 Å². The summed E-state index contributed by atoms with van der Waals surface area (Å²) in [5.74, 6) is 0. The summed E-state index contributed by atoms with van der Waals surface area (Å²) in [6, 6.07) is 3.79. The molecule has 0 fully saturated rings. The topological polar surface area (TPSA) is 46.2 Å². The molecule has 0 aliphatic carbocycles. The van der Waals surface area contributed by atoms with Gasteiger partial charge in [-0.3, -0.25) is 0 Å². The van der Waals surface area contributed by atoms with Gasteiger partial charge >= 0.3 is 0 Å². The first-order chi connectivity index (χ1) is 6.03. The van der Waals surface area contributed by atoms with Crippen molar-refractivity contribution in [3.05, 3.63) is 22.4 Å². The highest BCUT2D eigenvalue weighted by Crippen LogP contribution is 2.21. The summed E-state index contributed by atoms with van der Waals surface area (Å²) in [6.45, 7) is 1.96. The van der Waals surface area contributed by atoms with Crippen molar-refractivity contribution in [2.45, 2.75) is 19.4 Å². The quantitative estimate of drug-likeness (QED) is 0.838. The highest BCUT2D eigenvalue weighted by atomic mass is 32.2. The third kappa shape index (κ3) is 3.46. The van der Waals surface area contributed by atoms with Gasteiger partial charge in [-0.15, -0.1) is 11.3 Å². The molecule has 0 saturated carbocycles. The second-order valence-corrected chi connectivity index (χ2v) is 5.63. The van der Waals surface area contributed by atoms with E-state index in [0.29, 0.717) is 0 Å². The van der Waals surface area contributed by atoms with Gasteiger partial charge in [-0.2, -0.15) is 0 Å². The number of rotatable bonds is 4. The van der Waals surface area contributed by atoms with Gasteiger partial charge in [-0.1, -0.05) is 13.0 Å². The average molecular weight is 219 g/mol. The largest absolute Gasteiger partial charge is 0.213 e. The SMILES string of the molecule is CCC(NS(C)(=O)=O)c1cccs1. The lowest BCUT2D eigenvalue weighted by Crippen LogP contribution is -2.26. The third-order valence-electron chi connectivity index (χ3n) is 1.65. The molecule has 0 spiro atoms. The van der Waals surface area contributed by atoms with E-state index in [9.17, 15) is 8.42 Å². The fraction of sp³-hybridized carbons (Fsp3) is 0.500. The molecule has 0 aromatic carbocycles. The summed E-state index contributed by atoms with van der Waals surface area (Å²) in [5, 5.41) is 1.95. The molecule has 0 aliphatic rings. The second kappa shape index (κ2) is 4.21. The van der Waals surface area contributed by atoms with Crippen molar-refractivity contribution >= 4 is 21.4 Å². The summed E-state index contributed by atoms with van der Waals surface area (Å²) < 4.78 is 24.6. The molecule has 0 saturated heterocycles. The van der Waals surface area contributed by atoms with E-state index in [1.165, 1.54) is 6.26 Å². The van der Waals surface area contributed by atoms with Gasteiger partial charge in [0.05, 0.1) is 12.3 Å². The predicted molar refractivity (Wildman–Crippen MR) is 55.3 cm³/mol. The maximum absolute atomic E-state index is 11.0. The lowest BCUT2D eigenvalue weighted by Gasteiger charge is -2.12. The summed E-state index contributed by atoms with van der Waals surface area (Å²) in [4.78, 5) is 1.06. The van der Waals surface area contributed by atoms with Crippen LogP contribution in [0.1, 0.15) is 24.3 Å². The predicted octanol–water partition coefficient (Wildman–Crippen LogP) is 1.75. The molecule has 13 heavy (non-hydrogen) atoms. The minimum atomic E-state index is -3.10. The smallest absolute Gasteiger partial charge is 0.209 e. The van der Waals surface area contributed by atoms with E-state index >= 15 is 0 Å². The first kappa shape index (κ1) is 10.7. The van der Waals surface area contributed by atoms with Crippen LogP contribution in [0, 0.1) is 0 Å². The first-order valence-electron chi connectivity index (χ1n) is 4.03. The van der Waals surface area contributed by atoms with Gasteiger partial charge in [0.25, 0.3) is 0 Å². The van der Waals surface area contributed by atoms with Crippen molar-refractivity contribution in [2.24, 2.45) is 0 Å². The Kier molecular flexibility index (Phi) is 3.47. The molecule has 1 atom stereocenters. The molecule has 0 aliphatic heterocycles. The maximum atomic E-state index is 11.0. The Morgan fingerprint density at radius 3 is 2.69 bits per heavy atom. The number of hydrogen-bond donors (Lipinski definition) is 1. The lowest BCUT2D eigenvalue weighted by molar-refractivity contribution is 0.559. The highest BCUT2D eigenvalue weighted by molar-refractivity contribution is 7.88. The van der Waals surface area contributed by atoms with E-state index in [-0.39, 0.29) is 6.04 Å². The Labute approximate surface area is 82.8 Å². The van der Waals surface area contributed by atoms with Gasteiger partial charge in [-0.05, 0) is 17.9 Å². The van der Waals surface area contributed by atoms with Crippen molar-refractivity contribution in [3.8, 4) is 0 Å². The zero-order chi connectivity index (χ0) is 9.90. The Morgan fingerprint density at radius 2 is 2.31 bits per heavy atom. The molecule has 1 aromatic heterocycles. The number of nitrogens with one attached hydrogen (secondary N) is 1. The van der Waals surface area contributed by atoms with Crippen molar-refractivity contribution in [1.29, 1.82) is 0 Å². The van der Waals surface area contributed by atoms with Crippen LogP contribution in [0.15, 0.2) is 17.5 Å². The highest BCUT2D eigenvalue weighted by Gasteiger charge is 2.14. The van der Waals surface area contributed by atoms with Gasteiger partial charge in [0.2, 0.25) is 10.0 Å². The Morgan fingerprint density at radius 1 is 1.62 bits per heavy atom. The zero-order valence-electron chi connectivity index (χ0n) is 7.65. The van der Waals surface area contributed by atoms with Crippen molar-refractivity contribution in [2.75, 3.05) is 6.26 Å². The first-order valence-corrected chi connectivity index (χ1v) is 6.80. The summed E-state index contributed by atoms with van der Waals surface area (Å²) in [7, 11) is -3.10. The number of sulfonamides is 1. The van der Waals surface area contributed by atoms with E-state index < -0.39 is 10.0 Å². The fourth-order valence-electron chi connectivity index (χ4n) is 1.09. The van der Waals surface area contributed by atoms with E-state index in [1.807, 2.05) is 24.4 Å². The minimum Gasteiger partial charge on any atom is -0.213 e. The monoisotopic (exact) mass is 219 g/mol. The van der Waals surface area contributed by atoms with Crippen molar-refractivity contribution < 1.29 is 8.42 Å². The van der Waals surface area contributed by atoms with E-state index in [0.717, 1.165) is 11.3 Å². The van der Waals surface area contributed by atoms with Crippen LogP contribution in [0.5, 0.6) is 0 Å². The minimum absolute atomic E-state index is 0.0741. The van der Waals surface area contributed by atoms with Gasteiger partial charge in [0.1, 0.15) is 0 Å². The zero-order valence-corrected chi connectivity index (χ0v) is 9.28. The summed E-state index contributed by atoms with van der Waals surface area (Å²) >= 11 is 1.57. The third-order valence-corrected chi connectivity index (χ3v) is 3.35. The molecule has 1 rings (SSSR count). The number of thiophene rings is 1. The van der Waals surface area contributed by atoms with Crippen LogP contribution in [0.2, 0.25) is 0 Å². The average Bonchev–Trinajstić information content (AvgIpc) is 2.50. The Balaban J connectivity index is 2.76. The molecule has 3 nitrogen and oxygen atoms in total. The lowest BCUT2D eigenvalue weighted by atomic mass is 10.2. The molecule has 1 N–H and O–H groups in total. The van der Waals surface area contributed by atoms with Crippen LogP contribution in [-0.4, -0.2) is 14.7 Å². The molecular formula is C8H13NO2S2. The molecule has 0 radical (unpaired) electrons. The van der Waals surface area contributed by atoms with E-state index in [4.69, 9.17) is 0 Å². The summed E-state index contributed by atoms with van der Waals surface area (Å²) in [5.41, 5.74) is 0. The molecule has 5 heteroatoms. The van der Waals surface area contributed by atoms with Crippen molar-refractivity contribution in [3.63, 3.8) is 0 Å². The van der Waals surface area contributed by atoms with Gasteiger partial charge < -0.3 is 0 Å². The summed E-state index contributed by atoms with van der Waals surface area (Å²) in [6.07, 6.45) is 1.96. The molecule has 0 amide bonds. The molecular weight excluding hydrogens is 206 g/mol. The van der Waals surface area contributed by atoms with Crippen LogP contribution in [0.25, 0.3) is 0 Å². The van der Waals surface area contributed by atoms with Gasteiger partial charge in [0, 0.05) is 4.88 Å². The van der Waals surface area contributed by atoms with E-state index in [1.54, 1.807) is 11.3 Å². The normalized spacial score (nSPS) is 14.3. The Hall–Kier alpha value is -0.390. The number of hydrogen-bond acceptors (Lipinski definition) is 3. The molecule has 1 unspecified atom stereocenters. The molecule has 74 valence electrons. The van der Waals surface area contributed by atoms with Gasteiger partial charge in [-0.25, -0.2) is 13.1 Å². The fourth-order valence-corrected chi connectivity index (χ4v) is 2.84. The van der Waals surface area contributed by atoms with Crippen LogP contribution in [-0.2, 0) is 10.0 Å². The van der Waals surface area contributed by atoms with E-state index in [2.05, 4.69) is 4.72 Å². The standard InChI is InChI=1S/C8H13NO2S2/c1-3-7(9-13(2,10)11)8-5-4-6-12-8/h4-7,9H,3H2,1-2H3.